The summed E-state index contributed by atoms with van der Waals surface area (Å²) in [5, 5.41) is 6.89. The first-order valence-corrected chi connectivity index (χ1v) is 9.24. The molecule has 1 atom stereocenters. The highest BCUT2D eigenvalue weighted by molar-refractivity contribution is 7.98. The van der Waals surface area contributed by atoms with Crippen molar-refractivity contribution in [2.45, 2.75) is 30.7 Å². The molecule has 2 aromatic heterocycles. The van der Waals surface area contributed by atoms with E-state index in [4.69, 9.17) is 9.26 Å². The minimum Gasteiger partial charge on any atom is -0.449 e. The number of hydrogen-bond acceptors (Lipinski definition) is 8. The predicted molar refractivity (Wildman–Crippen MR) is 95.0 cm³/mol. The first-order valence-electron chi connectivity index (χ1n) is 8.26. The van der Waals surface area contributed by atoms with Crippen molar-refractivity contribution in [2.75, 3.05) is 13.1 Å². The average Bonchev–Trinajstić information content (AvgIpc) is 3.27. The molecule has 142 valence electrons. The SMILES string of the molecule is Cc1cc(CSc2ncccc2C(=O)O[C@@H](C)C(=O)N2CCNC2=O)no1. The van der Waals surface area contributed by atoms with Gasteiger partial charge in [0.2, 0.25) is 0 Å². The first kappa shape index (κ1) is 18.9. The van der Waals surface area contributed by atoms with Gasteiger partial charge in [-0.15, -0.1) is 0 Å². The lowest BCUT2D eigenvalue weighted by molar-refractivity contribution is -0.136. The van der Waals surface area contributed by atoms with Gasteiger partial charge in [-0.2, -0.15) is 0 Å². The Morgan fingerprint density at radius 3 is 2.96 bits per heavy atom. The maximum atomic E-state index is 12.5. The lowest BCUT2D eigenvalue weighted by Crippen LogP contribution is -2.41. The van der Waals surface area contributed by atoms with Crippen LogP contribution in [-0.2, 0) is 15.3 Å². The van der Waals surface area contributed by atoms with Gasteiger partial charge in [-0.1, -0.05) is 16.9 Å². The van der Waals surface area contributed by atoms with Gasteiger partial charge in [-0.3, -0.25) is 9.69 Å². The van der Waals surface area contributed by atoms with E-state index in [1.807, 2.05) is 0 Å². The first-order chi connectivity index (χ1) is 13.0. The van der Waals surface area contributed by atoms with E-state index in [0.29, 0.717) is 23.1 Å². The summed E-state index contributed by atoms with van der Waals surface area (Å²) in [4.78, 5) is 41.6. The van der Waals surface area contributed by atoms with Crippen molar-refractivity contribution in [3.8, 4) is 0 Å². The molecule has 0 aromatic carbocycles. The quantitative estimate of drug-likeness (QED) is 0.586. The molecule has 1 aliphatic heterocycles. The van der Waals surface area contributed by atoms with Crippen LogP contribution in [0.25, 0.3) is 0 Å². The largest absolute Gasteiger partial charge is 0.449 e. The zero-order valence-corrected chi connectivity index (χ0v) is 15.6. The highest BCUT2D eigenvalue weighted by Gasteiger charge is 2.32. The number of imide groups is 1. The van der Waals surface area contributed by atoms with Crippen LogP contribution in [0.5, 0.6) is 0 Å². The number of aromatic nitrogens is 2. The van der Waals surface area contributed by atoms with Gasteiger partial charge in [-0.25, -0.2) is 14.6 Å². The number of nitrogens with one attached hydrogen (secondary N) is 1. The van der Waals surface area contributed by atoms with Gasteiger partial charge in [0.15, 0.2) is 6.10 Å². The number of rotatable bonds is 6. The fourth-order valence-corrected chi connectivity index (χ4v) is 3.33. The minimum atomic E-state index is -1.09. The second-order valence-corrected chi connectivity index (χ2v) is 6.81. The number of carbonyl (C=O) groups is 3. The smallest absolute Gasteiger partial charge is 0.341 e. The van der Waals surface area contributed by atoms with Gasteiger partial charge in [0, 0.05) is 31.1 Å². The number of nitrogens with zero attached hydrogens (tertiary/aromatic N) is 3. The summed E-state index contributed by atoms with van der Waals surface area (Å²) < 4.78 is 10.3. The minimum absolute atomic E-state index is 0.244. The summed E-state index contributed by atoms with van der Waals surface area (Å²) in [6.07, 6.45) is 0.480. The molecule has 2 aromatic rings. The molecule has 3 amide bonds. The normalized spacial score (nSPS) is 14.7. The lowest BCUT2D eigenvalue weighted by Gasteiger charge is -2.18. The number of urea groups is 1. The zero-order valence-electron chi connectivity index (χ0n) is 14.8. The molecule has 0 bridgehead atoms. The molecule has 3 heterocycles. The van der Waals surface area contributed by atoms with Gasteiger partial charge in [0.05, 0.1) is 11.3 Å². The van der Waals surface area contributed by atoms with E-state index in [9.17, 15) is 14.4 Å². The lowest BCUT2D eigenvalue weighted by atomic mass is 10.3. The summed E-state index contributed by atoms with van der Waals surface area (Å²) in [6.45, 7) is 3.87. The topological polar surface area (TPSA) is 115 Å². The zero-order chi connectivity index (χ0) is 19.4. The molecule has 0 unspecified atom stereocenters. The third-order valence-electron chi connectivity index (χ3n) is 3.78. The van der Waals surface area contributed by atoms with Gasteiger partial charge < -0.3 is 14.6 Å². The standard InChI is InChI=1S/C17H18N4O5S/c1-10-8-12(20-26-10)9-27-14-13(4-3-5-18-14)16(23)25-11(2)15(22)21-7-6-19-17(21)24/h3-5,8,11H,6-7,9H2,1-2H3,(H,19,24)/t11-/m0/s1. The predicted octanol–water partition coefficient (Wildman–Crippen LogP) is 1.77. The van der Waals surface area contributed by atoms with Gasteiger partial charge >= 0.3 is 12.0 Å². The maximum absolute atomic E-state index is 12.5. The molecule has 0 spiro atoms. The molecule has 0 radical (unpaired) electrons. The van der Waals surface area contributed by atoms with Crippen LogP contribution in [0.4, 0.5) is 4.79 Å². The van der Waals surface area contributed by atoms with Gasteiger partial charge in [0.1, 0.15) is 10.8 Å². The van der Waals surface area contributed by atoms with E-state index >= 15 is 0 Å². The van der Waals surface area contributed by atoms with Crippen LogP contribution in [-0.4, -0.2) is 52.1 Å². The molecule has 9 nitrogen and oxygen atoms in total. The fraction of sp³-hybridized carbons (Fsp3) is 0.353. The van der Waals surface area contributed by atoms with Crippen molar-refractivity contribution in [1.29, 1.82) is 0 Å². The summed E-state index contributed by atoms with van der Waals surface area (Å²) in [5.41, 5.74) is 0.972. The monoisotopic (exact) mass is 390 g/mol. The van der Waals surface area contributed by atoms with Crippen molar-refractivity contribution < 1.29 is 23.6 Å². The summed E-state index contributed by atoms with van der Waals surface area (Å²) in [6, 6.07) is 4.51. The number of carbonyl (C=O) groups excluding carboxylic acids is 3. The van der Waals surface area contributed by atoms with Crippen LogP contribution in [0.15, 0.2) is 33.9 Å². The molecule has 0 saturated carbocycles. The Kier molecular flexibility index (Phi) is 5.75. The highest BCUT2D eigenvalue weighted by Crippen LogP contribution is 2.25. The third kappa shape index (κ3) is 4.45. The van der Waals surface area contributed by atoms with E-state index in [-0.39, 0.29) is 12.1 Å². The van der Waals surface area contributed by atoms with Crippen molar-refractivity contribution >= 4 is 29.7 Å². The van der Waals surface area contributed by atoms with Gasteiger partial charge in [0.25, 0.3) is 5.91 Å². The fourth-order valence-electron chi connectivity index (χ4n) is 2.47. The number of aryl methyl sites for hydroxylation is 1. The van der Waals surface area contributed by atoms with Crippen LogP contribution in [0.2, 0.25) is 0 Å². The molecule has 0 aliphatic carbocycles. The highest BCUT2D eigenvalue weighted by atomic mass is 32.2. The molecule has 10 heteroatoms. The Balaban J connectivity index is 1.65. The molecule has 1 saturated heterocycles. The van der Waals surface area contributed by atoms with Crippen LogP contribution < -0.4 is 5.32 Å². The molecule has 1 aliphatic rings. The number of esters is 1. The van der Waals surface area contributed by atoms with Crippen LogP contribution in [0.1, 0.15) is 28.7 Å². The average molecular weight is 390 g/mol. The Morgan fingerprint density at radius 2 is 2.30 bits per heavy atom. The van der Waals surface area contributed by atoms with Gasteiger partial charge in [-0.05, 0) is 26.0 Å². The van der Waals surface area contributed by atoms with E-state index in [1.165, 1.54) is 18.7 Å². The summed E-state index contributed by atoms with van der Waals surface area (Å²) >= 11 is 1.31. The Hall–Kier alpha value is -2.88. The maximum Gasteiger partial charge on any atom is 0.341 e. The van der Waals surface area contributed by atoms with Crippen LogP contribution in [0.3, 0.4) is 0 Å². The van der Waals surface area contributed by atoms with Crippen LogP contribution in [0, 0.1) is 6.92 Å². The molecular formula is C17H18N4O5S. The summed E-state index contributed by atoms with van der Waals surface area (Å²) in [5.74, 6) is -0.0710. The van der Waals surface area contributed by atoms with E-state index in [0.717, 1.165) is 10.6 Å². The van der Waals surface area contributed by atoms with E-state index in [1.54, 1.807) is 31.3 Å². The van der Waals surface area contributed by atoms with Crippen molar-refractivity contribution in [2.24, 2.45) is 0 Å². The Labute approximate surface area is 159 Å². The number of thioether (sulfide) groups is 1. The molecule has 1 fully saturated rings. The Morgan fingerprint density at radius 1 is 1.48 bits per heavy atom. The van der Waals surface area contributed by atoms with Crippen molar-refractivity contribution in [1.82, 2.24) is 20.4 Å². The molecular weight excluding hydrogens is 372 g/mol. The molecule has 27 heavy (non-hydrogen) atoms. The van der Waals surface area contributed by atoms with E-state index in [2.05, 4.69) is 15.5 Å². The molecule has 1 N–H and O–H groups in total. The third-order valence-corrected chi connectivity index (χ3v) is 4.82. The second kappa shape index (κ2) is 8.21. The number of pyridine rings is 1. The number of hydrogen-bond donors (Lipinski definition) is 1. The van der Waals surface area contributed by atoms with Crippen LogP contribution >= 0.6 is 11.8 Å². The second-order valence-electron chi connectivity index (χ2n) is 5.84. The van der Waals surface area contributed by atoms with E-state index < -0.39 is 24.0 Å². The van der Waals surface area contributed by atoms with Crippen molar-refractivity contribution in [3.05, 3.63) is 41.4 Å². The number of amides is 3. The summed E-state index contributed by atoms with van der Waals surface area (Å²) in [7, 11) is 0. The van der Waals surface area contributed by atoms with Crippen molar-refractivity contribution in [3.63, 3.8) is 0 Å². The molecule has 3 rings (SSSR count). The Bertz CT molecular complexity index is 869. The number of ether oxygens (including phenoxy) is 1.